The van der Waals surface area contributed by atoms with E-state index in [0.717, 1.165) is 18.3 Å². The molecule has 3 fully saturated rings. The van der Waals surface area contributed by atoms with Gasteiger partial charge in [0.1, 0.15) is 31.0 Å². The zero-order valence-corrected chi connectivity index (χ0v) is 24.9. The second-order valence-corrected chi connectivity index (χ2v) is 12.5. The van der Waals surface area contributed by atoms with Crippen LogP contribution in [0.15, 0.2) is 47.3 Å². The van der Waals surface area contributed by atoms with Crippen LogP contribution in [0.25, 0.3) is 0 Å². The van der Waals surface area contributed by atoms with E-state index in [1.54, 1.807) is 0 Å². The van der Waals surface area contributed by atoms with Crippen LogP contribution >= 0.6 is 0 Å². The molecule has 12 heteroatoms. The number of carbonyl (C=O) groups excluding carboxylic acids is 4. The fourth-order valence-electron chi connectivity index (χ4n) is 7.90. The van der Waals surface area contributed by atoms with E-state index in [9.17, 15) is 29.4 Å². The number of fused-ring (bicyclic) bond motifs is 2. The first-order valence-corrected chi connectivity index (χ1v) is 15.1. The number of methoxy groups -OCH3 is 1. The lowest BCUT2D eigenvalue weighted by atomic mass is 9.52. The van der Waals surface area contributed by atoms with E-state index in [1.165, 1.54) is 13.2 Å². The van der Waals surface area contributed by atoms with Crippen molar-refractivity contribution in [2.24, 2.45) is 29.6 Å². The molecule has 238 valence electrons. The first-order valence-electron chi connectivity index (χ1n) is 15.1. The number of aliphatic hydroxyl groups excluding tert-OH is 2. The Morgan fingerprint density at radius 2 is 1.80 bits per heavy atom. The maximum absolute atomic E-state index is 13.6. The van der Waals surface area contributed by atoms with E-state index in [1.807, 2.05) is 26.0 Å². The van der Waals surface area contributed by atoms with Gasteiger partial charge in [-0.3, -0.25) is 4.79 Å². The van der Waals surface area contributed by atoms with Crippen molar-refractivity contribution in [2.75, 3.05) is 20.3 Å². The summed E-state index contributed by atoms with van der Waals surface area (Å²) in [5.41, 5.74) is -0.212. The predicted molar refractivity (Wildman–Crippen MR) is 149 cm³/mol. The van der Waals surface area contributed by atoms with Crippen LogP contribution in [0, 0.1) is 29.6 Å². The van der Waals surface area contributed by atoms with Gasteiger partial charge in [0.25, 0.3) is 0 Å². The molecule has 2 aliphatic carbocycles. The molecule has 2 saturated heterocycles. The van der Waals surface area contributed by atoms with Crippen molar-refractivity contribution in [3.05, 3.63) is 47.3 Å². The monoisotopic (exact) mass is 614 g/mol. The smallest absolute Gasteiger partial charge is 0.346 e. The summed E-state index contributed by atoms with van der Waals surface area (Å²) < 4.78 is 34.2. The molecule has 7 aliphatic rings. The number of esters is 4. The Bertz CT molecular complexity index is 1340. The number of ether oxygens (including phenoxy) is 6. The van der Waals surface area contributed by atoms with Gasteiger partial charge in [-0.2, -0.15) is 0 Å². The Morgan fingerprint density at radius 1 is 1.00 bits per heavy atom. The third kappa shape index (κ3) is 5.11. The summed E-state index contributed by atoms with van der Waals surface area (Å²) >= 11 is 0. The van der Waals surface area contributed by atoms with Gasteiger partial charge in [-0.05, 0) is 43.8 Å². The fraction of sp³-hybridized carbons (Fsp3) is 0.625. The number of hydrogen-bond acceptors (Lipinski definition) is 12. The van der Waals surface area contributed by atoms with Gasteiger partial charge in [-0.1, -0.05) is 25.2 Å². The normalized spacial score (nSPS) is 44.4. The molecule has 12 nitrogen and oxygen atoms in total. The molecule has 5 heterocycles. The zero-order chi connectivity index (χ0) is 31.3. The minimum atomic E-state index is -1.40. The molecule has 44 heavy (non-hydrogen) atoms. The first-order chi connectivity index (χ1) is 21.0. The van der Waals surface area contributed by atoms with Crippen LogP contribution in [0.4, 0.5) is 0 Å². The largest absolute Gasteiger partial charge is 0.498 e. The molecule has 4 bridgehead atoms. The summed E-state index contributed by atoms with van der Waals surface area (Å²) in [7, 11) is 1.41. The van der Waals surface area contributed by atoms with E-state index in [-0.39, 0.29) is 73.4 Å². The molecule has 5 aliphatic heterocycles. The molecule has 7 rings (SSSR count). The van der Waals surface area contributed by atoms with Gasteiger partial charge in [-0.25, -0.2) is 14.4 Å². The van der Waals surface area contributed by atoms with Crippen molar-refractivity contribution < 1.29 is 57.8 Å². The highest BCUT2D eigenvalue weighted by Crippen LogP contribution is 2.59. The van der Waals surface area contributed by atoms with Crippen molar-refractivity contribution >= 4 is 23.9 Å². The highest BCUT2D eigenvalue weighted by molar-refractivity contribution is 6.14. The molecule has 1 saturated carbocycles. The molecule has 0 amide bonds. The minimum Gasteiger partial charge on any atom is -0.498 e. The Morgan fingerprint density at radius 3 is 2.55 bits per heavy atom. The van der Waals surface area contributed by atoms with Crippen LogP contribution in [-0.2, 0) is 47.6 Å². The Labute approximate surface area is 254 Å². The Balaban J connectivity index is 1.39. The fourth-order valence-corrected chi connectivity index (χ4v) is 7.90. The topological polar surface area (TPSA) is 164 Å². The second kappa shape index (κ2) is 11.9. The van der Waals surface area contributed by atoms with Gasteiger partial charge >= 0.3 is 23.9 Å². The minimum absolute atomic E-state index is 0.0265. The maximum atomic E-state index is 13.6. The second-order valence-electron chi connectivity index (χ2n) is 12.5. The number of rotatable bonds is 1. The molecule has 0 unspecified atom stereocenters. The standard InChI is InChI=1S/C32H38O12/c1-15-10-18-13-41-25(34)7-6-20-21(30(37)43-29(20)36)8-9-40-14-22(33)28(18)42-31(38)24(39-3)12-19-5-4-17-11-23-16(2)27(35)26(17)32(15,19)44-23/h4-5,8-10,16-19,22-24,26-28,33,35H,6-7,11-14H2,1-3H3/b9-8+,15-10-/t16-,17-,18-,19+,22+,23+,24-,26-,27+,28-,32-/m0/s1. The van der Waals surface area contributed by atoms with E-state index >= 15 is 0 Å². The van der Waals surface area contributed by atoms with E-state index in [2.05, 4.69) is 10.8 Å². The van der Waals surface area contributed by atoms with Crippen LogP contribution in [-0.4, -0.2) is 90.5 Å². The van der Waals surface area contributed by atoms with Crippen molar-refractivity contribution in [1.29, 1.82) is 0 Å². The summed E-state index contributed by atoms with van der Waals surface area (Å²) in [5, 5.41) is 22.8. The van der Waals surface area contributed by atoms with E-state index in [0.29, 0.717) is 0 Å². The predicted octanol–water partition coefficient (Wildman–Crippen LogP) is 1.44. The van der Waals surface area contributed by atoms with Gasteiger partial charge in [0, 0.05) is 31.3 Å². The third-order valence-electron chi connectivity index (χ3n) is 10.2. The lowest BCUT2D eigenvalue weighted by molar-refractivity contribution is -0.276. The van der Waals surface area contributed by atoms with E-state index in [4.69, 9.17) is 23.7 Å². The number of cyclic esters (lactones) is 3. The molecule has 11 atom stereocenters. The van der Waals surface area contributed by atoms with Crippen LogP contribution in [0.5, 0.6) is 0 Å². The maximum Gasteiger partial charge on any atom is 0.346 e. The molecule has 0 aromatic heterocycles. The number of aliphatic hydroxyl groups is 2. The van der Waals surface area contributed by atoms with Crippen molar-refractivity contribution in [3.8, 4) is 0 Å². The molecular formula is C32H38O12. The van der Waals surface area contributed by atoms with Crippen LogP contribution in [0.3, 0.4) is 0 Å². The summed E-state index contributed by atoms with van der Waals surface area (Å²) in [6, 6.07) is 0. The van der Waals surface area contributed by atoms with Crippen molar-refractivity contribution in [2.45, 2.75) is 75.7 Å². The third-order valence-corrected chi connectivity index (χ3v) is 10.2. The summed E-state index contributed by atoms with van der Waals surface area (Å²) in [6.45, 7) is 3.25. The molecule has 1 spiro atoms. The summed E-state index contributed by atoms with van der Waals surface area (Å²) in [4.78, 5) is 50.8. The van der Waals surface area contributed by atoms with Crippen LogP contribution < -0.4 is 0 Å². The quantitative estimate of drug-likeness (QED) is 0.189. The van der Waals surface area contributed by atoms with Gasteiger partial charge in [0.05, 0.1) is 35.5 Å². The Hall–Kier alpha value is -3.32. The summed E-state index contributed by atoms with van der Waals surface area (Å²) in [6.07, 6.45) is 4.57. The lowest BCUT2D eigenvalue weighted by Gasteiger charge is -2.64. The number of hydrogen-bond donors (Lipinski definition) is 2. The number of allylic oxidation sites excluding steroid dienone is 1. The number of carbonyl (C=O) groups is 4. The molecule has 0 aromatic carbocycles. The van der Waals surface area contributed by atoms with Gasteiger partial charge in [-0.15, -0.1) is 0 Å². The average Bonchev–Trinajstić information content (AvgIpc) is 3.26. The van der Waals surface area contributed by atoms with E-state index < -0.39 is 59.8 Å². The van der Waals surface area contributed by atoms with Gasteiger partial charge in [0.15, 0.2) is 6.10 Å². The van der Waals surface area contributed by atoms with Gasteiger partial charge < -0.3 is 38.6 Å². The first kappa shape index (κ1) is 30.7. The van der Waals surface area contributed by atoms with Crippen molar-refractivity contribution in [3.63, 3.8) is 0 Å². The highest BCUT2D eigenvalue weighted by Gasteiger charge is 2.64. The molecular weight excluding hydrogens is 576 g/mol. The van der Waals surface area contributed by atoms with Gasteiger partial charge in [0.2, 0.25) is 0 Å². The molecule has 0 aromatic rings. The highest BCUT2D eigenvalue weighted by atomic mass is 16.6. The van der Waals surface area contributed by atoms with Crippen molar-refractivity contribution in [1.82, 2.24) is 0 Å². The molecule has 0 radical (unpaired) electrons. The van der Waals surface area contributed by atoms with Crippen LogP contribution in [0.2, 0.25) is 0 Å². The van der Waals surface area contributed by atoms with Crippen LogP contribution in [0.1, 0.15) is 39.5 Å². The average molecular weight is 615 g/mol. The Kier molecular flexibility index (Phi) is 8.29. The lowest BCUT2D eigenvalue weighted by Crippen LogP contribution is -2.69. The SMILES string of the molecule is CO[C@H]1C[C@H]2C=C[C@H]3C[C@H]4O[C@]2(/C(C)=C\[C@H]2COC(=O)CCC5=C(/C=C/OC[C@@H](O)[C@H]2OC1=O)C(=O)OC5=O)[C@@H]3[C@H](O)[C@H]4C. The summed E-state index contributed by atoms with van der Waals surface area (Å²) in [5.74, 6) is -4.51. The molecule has 2 N–H and O–H groups in total. The zero-order valence-electron chi connectivity index (χ0n) is 24.9.